The molecule has 3 nitrogen and oxygen atoms in total. The maximum Gasteiger partial charge on any atom is 0.227 e. The summed E-state index contributed by atoms with van der Waals surface area (Å²) in [4.78, 5) is 14.1. The summed E-state index contributed by atoms with van der Waals surface area (Å²) in [6, 6.07) is 4.43. The first-order chi connectivity index (χ1) is 9.24. The zero-order valence-corrected chi connectivity index (χ0v) is 13.3. The highest BCUT2D eigenvalue weighted by Crippen LogP contribution is 2.34. The summed E-state index contributed by atoms with van der Waals surface area (Å²) in [7, 11) is 0. The van der Waals surface area contributed by atoms with Crippen molar-refractivity contribution in [2.75, 3.05) is 18.0 Å². The molecule has 0 aromatic heterocycles. The Balaban J connectivity index is 2.41. The van der Waals surface area contributed by atoms with E-state index in [1.807, 2.05) is 4.90 Å². The fourth-order valence-corrected chi connectivity index (χ4v) is 2.97. The van der Waals surface area contributed by atoms with Crippen LogP contribution < -0.4 is 10.6 Å². The third-order valence-corrected chi connectivity index (χ3v) is 4.17. The molecule has 1 aliphatic heterocycles. The van der Waals surface area contributed by atoms with Crippen LogP contribution in [0.3, 0.4) is 0 Å². The van der Waals surface area contributed by atoms with Gasteiger partial charge in [-0.25, -0.2) is 0 Å². The highest BCUT2D eigenvalue weighted by Gasteiger charge is 2.31. The normalized spacial score (nSPS) is 19.8. The number of benzene rings is 1. The average Bonchev–Trinajstić information content (AvgIpc) is 2.69. The van der Waals surface area contributed by atoms with E-state index in [2.05, 4.69) is 46.8 Å². The molecule has 1 atom stereocenters. The van der Waals surface area contributed by atoms with E-state index < -0.39 is 0 Å². The summed E-state index contributed by atoms with van der Waals surface area (Å²) in [6.07, 6.45) is 0.580. The lowest BCUT2D eigenvalue weighted by atomic mass is 9.84. The smallest absolute Gasteiger partial charge is 0.227 e. The summed E-state index contributed by atoms with van der Waals surface area (Å²) in [5.74, 6) is 0.499. The van der Waals surface area contributed by atoms with Crippen molar-refractivity contribution in [2.24, 2.45) is 11.7 Å². The predicted molar refractivity (Wildman–Crippen MR) is 84.1 cm³/mol. The minimum Gasteiger partial charge on any atom is -0.330 e. The minimum absolute atomic E-state index is 0.128. The molecule has 1 aliphatic rings. The molecule has 1 aromatic rings. The number of rotatable bonds is 2. The van der Waals surface area contributed by atoms with E-state index in [0.29, 0.717) is 18.9 Å². The number of aryl methyl sites for hydroxylation is 2. The monoisotopic (exact) mass is 274 g/mol. The number of hydrogen-bond acceptors (Lipinski definition) is 2. The number of nitrogens with two attached hydrogens (primary N) is 1. The molecule has 0 bridgehead atoms. The van der Waals surface area contributed by atoms with Gasteiger partial charge in [-0.1, -0.05) is 32.9 Å². The van der Waals surface area contributed by atoms with Crippen LogP contribution in [0, 0.1) is 19.8 Å². The summed E-state index contributed by atoms with van der Waals surface area (Å²) >= 11 is 0. The maximum absolute atomic E-state index is 12.2. The molecule has 0 spiro atoms. The molecule has 3 heteroatoms. The van der Waals surface area contributed by atoms with Crippen molar-refractivity contribution in [3.63, 3.8) is 0 Å². The summed E-state index contributed by atoms with van der Waals surface area (Å²) < 4.78 is 0. The molecule has 20 heavy (non-hydrogen) atoms. The largest absolute Gasteiger partial charge is 0.330 e. The third kappa shape index (κ3) is 2.73. The van der Waals surface area contributed by atoms with Crippen LogP contribution in [0.15, 0.2) is 12.1 Å². The first kappa shape index (κ1) is 15.0. The van der Waals surface area contributed by atoms with E-state index >= 15 is 0 Å². The molecular weight excluding hydrogens is 248 g/mol. The van der Waals surface area contributed by atoms with Gasteiger partial charge in [0, 0.05) is 18.7 Å². The molecule has 2 rings (SSSR count). The first-order valence-electron chi connectivity index (χ1n) is 7.36. The van der Waals surface area contributed by atoms with E-state index in [-0.39, 0.29) is 11.3 Å². The van der Waals surface area contributed by atoms with Gasteiger partial charge in [0.15, 0.2) is 0 Å². The molecule has 0 saturated carbocycles. The van der Waals surface area contributed by atoms with Crippen molar-refractivity contribution in [2.45, 2.75) is 46.5 Å². The van der Waals surface area contributed by atoms with Gasteiger partial charge in [-0.05, 0) is 48.4 Å². The molecule has 1 unspecified atom stereocenters. The molecule has 0 radical (unpaired) electrons. The van der Waals surface area contributed by atoms with E-state index in [1.54, 1.807) is 0 Å². The van der Waals surface area contributed by atoms with Gasteiger partial charge in [0.25, 0.3) is 0 Å². The summed E-state index contributed by atoms with van der Waals surface area (Å²) in [5, 5.41) is 0. The van der Waals surface area contributed by atoms with Crippen LogP contribution in [0.5, 0.6) is 0 Å². The lowest BCUT2D eigenvalue weighted by Crippen LogP contribution is -2.27. The first-order valence-corrected chi connectivity index (χ1v) is 7.36. The molecule has 1 fully saturated rings. The van der Waals surface area contributed by atoms with Gasteiger partial charge < -0.3 is 10.6 Å². The molecular formula is C17H26N2O. The SMILES string of the molecule is Cc1cc(C(C)(C)C)cc(C)c1N1CC(CN)CC1=O. The van der Waals surface area contributed by atoms with Gasteiger partial charge in [0.2, 0.25) is 5.91 Å². The second kappa shape index (κ2) is 5.21. The van der Waals surface area contributed by atoms with Crippen LogP contribution in [-0.2, 0) is 10.2 Å². The van der Waals surface area contributed by atoms with Gasteiger partial charge in [-0.3, -0.25) is 4.79 Å². The van der Waals surface area contributed by atoms with Crippen molar-refractivity contribution < 1.29 is 4.79 Å². The van der Waals surface area contributed by atoms with Crippen molar-refractivity contribution in [1.29, 1.82) is 0 Å². The highest BCUT2D eigenvalue weighted by molar-refractivity contribution is 5.97. The van der Waals surface area contributed by atoms with Gasteiger partial charge in [0.1, 0.15) is 0 Å². The van der Waals surface area contributed by atoms with Crippen molar-refractivity contribution in [3.8, 4) is 0 Å². The van der Waals surface area contributed by atoms with E-state index in [1.165, 1.54) is 16.7 Å². The van der Waals surface area contributed by atoms with Crippen LogP contribution in [0.25, 0.3) is 0 Å². The fourth-order valence-electron chi connectivity index (χ4n) is 2.97. The Hall–Kier alpha value is -1.35. The van der Waals surface area contributed by atoms with Crippen molar-refractivity contribution in [3.05, 3.63) is 28.8 Å². The number of hydrogen-bond donors (Lipinski definition) is 1. The number of carbonyl (C=O) groups excluding carboxylic acids is 1. The maximum atomic E-state index is 12.2. The molecule has 0 aliphatic carbocycles. The topological polar surface area (TPSA) is 46.3 Å². The number of carbonyl (C=O) groups is 1. The second-order valence-electron chi connectivity index (χ2n) is 7.02. The summed E-state index contributed by atoms with van der Waals surface area (Å²) in [6.45, 7) is 12.2. The Morgan fingerprint density at radius 3 is 2.20 bits per heavy atom. The van der Waals surface area contributed by atoms with E-state index in [4.69, 9.17) is 5.73 Å². The van der Waals surface area contributed by atoms with Crippen LogP contribution in [0.4, 0.5) is 5.69 Å². The van der Waals surface area contributed by atoms with Gasteiger partial charge in [-0.2, -0.15) is 0 Å². The van der Waals surface area contributed by atoms with Crippen molar-refractivity contribution >= 4 is 11.6 Å². The highest BCUT2D eigenvalue weighted by atomic mass is 16.2. The van der Waals surface area contributed by atoms with Crippen LogP contribution in [-0.4, -0.2) is 19.0 Å². The zero-order chi connectivity index (χ0) is 15.1. The number of amides is 1. The van der Waals surface area contributed by atoms with Crippen LogP contribution in [0.2, 0.25) is 0 Å². The lowest BCUT2D eigenvalue weighted by Gasteiger charge is -2.26. The van der Waals surface area contributed by atoms with Crippen LogP contribution >= 0.6 is 0 Å². The average molecular weight is 274 g/mol. The Labute approximate surface area is 122 Å². The predicted octanol–water partition coefficient (Wildman–Crippen LogP) is 2.91. The zero-order valence-electron chi connectivity index (χ0n) is 13.3. The Kier molecular flexibility index (Phi) is 3.92. The van der Waals surface area contributed by atoms with Crippen molar-refractivity contribution in [1.82, 2.24) is 0 Å². The minimum atomic E-state index is 0.128. The lowest BCUT2D eigenvalue weighted by molar-refractivity contribution is -0.117. The Morgan fingerprint density at radius 1 is 1.25 bits per heavy atom. The third-order valence-electron chi connectivity index (χ3n) is 4.17. The number of nitrogens with zero attached hydrogens (tertiary/aromatic N) is 1. The standard InChI is InChI=1S/C17H26N2O/c1-11-6-14(17(3,4)5)7-12(2)16(11)19-10-13(9-18)8-15(19)20/h6-7,13H,8-10,18H2,1-5H3. The van der Waals surface area contributed by atoms with Crippen LogP contribution in [0.1, 0.15) is 43.9 Å². The Morgan fingerprint density at radius 2 is 1.80 bits per heavy atom. The molecule has 1 heterocycles. The molecule has 110 valence electrons. The quantitative estimate of drug-likeness (QED) is 0.901. The van der Waals surface area contributed by atoms with Gasteiger partial charge in [0.05, 0.1) is 0 Å². The molecule has 1 saturated heterocycles. The van der Waals surface area contributed by atoms with E-state index in [0.717, 1.165) is 12.2 Å². The van der Waals surface area contributed by atoms with Gasteiger partial charge in [-0.15, -0.1) is 0 Å². The van der Waals surface area contributed by atoms with E-state index in [9.17, 15) is 4.79 Å². The summed E-state index contributed by atoms with van der Waals surface area (Å²) in [5.41, 5.74) is 10.6. The fraction of sp³-hybridized carbons (Fsp3) is 0.588. The molecule has 1 amide bonds. The molecule has 1 aromatic carbocycles. The Bertz CT molecular complexity index is 505. The van der Waals surface area contributed by atoms with Gasteiger partial charge >= 0.3 is 0 Å². The molecule has 2 N–H and O–H groups in total. The second-order valence-corrected chi connectivity index (χ2v) is 7.02. The number of anilines is 1.